The molecule has 4 heteroatoms. The number of fused-ring (bicyclic) bond motifs is 1. The van der Waals surface area contributed by atoms with Crippen LogP contribution in [0.4, 0.5) is 0 Å². The van der Waals surface area contributed by atoms with Crippen molar-refractivity contribution in [3.63, 3.8) is 0 Å². The Labute approximate surface area is 74.3 Å². The molecule has 0 unspecified atom stereocenters. The highest BCUT2D eigenvalue weighted by Gasteiger charge is 2.06. The van der Waals surface area contributed by atoms with E-state index in [1.807, 2.05) is 0 Å². The van der Waals surface area contributed by atoms with E-state index in [-0.39, 0.29) is 0 Å². The maximum Gasteiger partial charge on any atom is 0.146 e. The number of hydrogen-bond donors (Lipinski definition) is 1. The van der Waals surface area contributed by atoms with Gasteiger partial charge in [0.1, 0.15) is 16.8 Å². The summed E-state index contributed by atoms with van der Waals surface area (Å²) in [6.45, 7) is 0. The molecular formula is C8H7ClN2O. The number of rotatable bonds is 1. The largest absolute Gasteiger partial charge is 0.494 e. The van der Waals surface area contributed by atoms with Crippen LogP contribution >= 0.6 is 11.6 Å². The lowest BCUT2D eigenvalue weighted by molar-refractivity contribution is 0.418. The van der Waals surface area contributed by atoms with Crippen LogP contribution in [0.2, 0.25) is 5.02 Å². The quantitative estimate of drug-likeness (QED) is 0.735. The lowest BCUT2D eigenvalue weighted by Gasteiger charge is -1.98. The summed E-state index contributed by atoms with van der Waals surface area (Å²) in [5.41, 5.74) is 1.58. The van der Waals surface area contributed by atoms with E-state index in [2.05, 4.69) is 9.97 Å². The molecule has 0 radical (unpaired) electrons. The van der Waals surface area contributed by atoms with Crippen molar-refractivity contribution in [3.05, 3.63) is 23.5 Å². The van der Waals surface area contributed by atoms with Crippen molar-refractivity contribution < 1.29 is 4.74 Å². The van der Waals surface area contributed by atoms with Crippen LogP contribution in [-0.2, 0) is 0 Å². The van der Waals surface area contributed by atoms with Gasteiger partial charge in [-0.05, 0) is 0 Å². The summed E-state index contributed by atoms with van der Waals surface area (Å²) in [6, 6.07) is 1.79. The van der Waals surface area contributed by atoms with Crippen LogP contribution in [0.5, 0.6) is 5.75 Å². The highest BCUT2D eigenvalue weighted by atomic mass is 35.5. The molecule has 2 aromatic rings. The van der Waals surface area contributed by atoms with Crippen molar-refractivity contribution in [1.82, 2.24) is 9.97 Å². The Hall–Kier alpha value is -1.22. The van der Waals surface area contributed by atoms with Gasteiger partial charge in [-0.2, -0.15) is 0 Å². The predicted molar refractivity (Wildman–Crippen MR) is 47.7 cm³/mol. The summed E-state index contributed by atoms with van der Waals surface area (Å²) in [5.74, 6) is 0.756. The Morgan fingerprint density at radius 2 is 2.42 bits per heavy atom. The first-order valence-electron chi connectivity index (χ1n) is 3.48. The number of halogens is 1. The fraction of sp³-hybridized carbons (Fsp3) is 0.125. The number of ether oxygens (including phenoxy) is 1. The maximum absolute atomic E-state index is 5.85. The van der Waals surface area contributed by atoms with Gasteiger partial charge in [-0.1, -0.05) is 11.6 Å². The van der Waals surface area contributed by atoms with E-state index in [0.29, 0.717) is 5.02 Å². The zero-order valence-electron chi connectivity index (χ0n) is 6.47. The van der Waals surface area contributed by atoms with Crippen molar-refractivity contribution in [2.45, 2.75) is 0 Å². The van der Waals surface area contributed by atoms with Crippen LogP contribution in [0.25, 0.3) is 11.0 Å². The minimum absolute atomic E-state index is 0.615. The average Bonchev–Trinajstić information content (AvgIpc) is 2.48. The molecule has 2 rings (SSSR count). The van der Waals surface area contributed by atoms with E-state index in [1.54, 1.807) is 25.6 Å². The molecule has 0 amide bonds. The number of pyridine rings is 1. The van der Waals surface area contributed by atoms with E-state index in [4.69, 9.17) is 16.3 Å². The van der Waals surface area contributed by atoms with Crippen LogP contribution in [0, 0.1) is 0 Å². The molecule has 0 bridgehead atoms. The molecule has 0 atom stereocenters. The zero-order chi connectivity index (χ0) is 8.55. The predicted octanol–water partition coefficient (Wildman–Crippen LogP) is 2.22. The van der Waals surface area contributed by atoms with Gasteiger partial charge >= 0.3 is 0 Å². The molecule has 1 N–H and O–H groups in total. The molecule has 0 saturated heterocycles. The molecule has 0 aliphatic carbocycles. The number of aromatic amines is 1. The van der Waals surface area contributed by atoms with E-state index >= 15 is 0 Å². The third kappa shape index (κ3) is 0.940. The lowest BCUT2D eigenvalue weighted by atomic mass is 10.3. The van der Waals surface area contributed by atoms with Crippen molar-refractivity contribution >= 4 is 22.6 Å². The summed E-state index contributed by atoms with van der Waals surface area (Å²) in [7, 11) is 1.61. The van der Waals surface area contributed by atoms with E-state index in [0.717, 1.165) is 16.8 Å². The third-order valence-electron chi connectivity index (χ3n) is 1.70. The number of methoxy groups -OCH3 is 1. The van der Waals surface area contributed by atoms with Crippen molar-refractivity contribution in [2.24, 2.45) is 0 Å². The van der Waals surface area contributed by atoms with Crippen molar-refractivity contribution in [2.75, 3.05) is 7.11 Å². The van der Waals surface area contributed by atoms with Crippen LogP contribution in [0.1, 0.15) is 0 Å². The zero-order valence-corrected chi connectivity index (χ0v) is 7.22. The average molecular weight is 183 g/mol. The van der Waals surface area contributed by atoms with Gasteiger partial charge in [0.2, 0.25) is 0 Å². The SMILES string of the molecule is COc1ccnc2c(Cl)c[nH]c12. The molecular weight excluding hydrogens is 176 g/mol. The Morgan fingerprint density at radius 1 is 1.58 bits per heavy atom. The van der Waals surface area contributed by atoms with Crippen LogP contribution < -0.4 is 4.74 Å². The minimum Gasteiger partial charge on any atom is -0.494 e. The topological polar surface area (TPSA) is 37.9 Å². The summed E-state index contributed by atoms with van der Waals surface area (Å²) in [4.78, 5) is 7.09. The molecule has 3 nitrogen and oxygen atoms in total. The fourth-order valence-corrected chi connectivity index (χ4v) is 1.34. The van der Waals surface area contributed by atoms with Gasteiger partial charge in [0, 0.05) is 18.5 Å². The Bertz CT molecular complexity index is 410. The monoisotopic (exact) mass is 182 g/mol. The highest BCUT2D eigenvalue weighted by molar-refractivity contribution is 6.35. The standard InChI is InChI=1S/C8H7ClN2O/c1-12-6-2-3-10-7-5(9)4-11-8(6)7/h2-4,11H,1H3. The number of hydrogen-bond acceptors (Lipinski definition) is 2. The molecule has 2 heterocycles. The smallest absolute Gasteiger partial charge is 0.146 e. The Morgan fingerprint density at radius 3 is 3.17 bits per heavy atom. The summed E-state index contributed by atoms with van der Waals surface area (Å²) in [6.07, 6.45) is 3.36. The van der Waals surface area contributed by atoms with Crippen molar-refractivity contribution in [3.8, 4) is 5.75 Å². The summed E-state index contributed by atoms with van der Waals surface area (Å²) in [5, 5.41) is 0.615. The molecule has 0 aliphatic heterocycles. The molecule has 12 heavy (non-hydrogen) atoms. The molecule has 2 aromatic heterocycles. The molecule has 62 valence electrons. The number of nitrogens with one attached hydrogen (secondary N) is 1. The first-order chi connectivity index (χ1) is 5.83. The van der Waals surface area contributed by atoms with Gasteiger partial charge in [0.15, 0.2) is 0 Å². The Balaban J connectivity index is 2.81. The molecule has 0 fully saturated rings. The van der Waals surface area contributed by atoms with E-state index in [9.17, 15) is 0 Å². The number of nitrogens with zero attached hydrogens (tertiary/aromatic N) is 1. The second-order valence-electron chi connectivity index (χ2n) is 2.37. The summed E-state index contributed by atoms with van der Waals surface area (Å²) < 4.78 is 5.11. The second kappa shape index (κ2) is 2.68. The van der Waals surface area contributed by atoms with E-state index < -0.39 is 0 Å². The van der Waals surface area contributed by atoms with Gasteiger partial charge in [0.25, 0.3) is 0 Å². The van der Waals surface area contributed by atoms with Gasteiger partial charge in [-0.15, -0.1) is 0 Å². The van der Waals surface area contributed by atoms with Gasteiger partial charge in [0.05, 0.1) is 12.1 Å². The van der Waals surface area contributed by atoms with Gasteiger partial charge in [-0.25, -0.2) is 0 Å². The Kier molecular flexibility index (Phi) is 1.66. The molecule has 0 aliphatic rings. The highest BCUT2D eigenvalue weighted by Crippen LogP contribution is 2.27. The molecule has 0 saturated carbocycles. The van der Waals surface area contributed by atoms with Gasteiger partial charge < -0.3 is 9.72 Å². The second-order valence-corrected chi connectivity index (χ2v) is 2.78. The molecule has 0 aromatic carbocycles. The minimum atomic E-state index is 0.615. The normalized spacial score (nSPS) is 10.5. The number of aromatic nitrogens is 2. The lowest BCUT2D eigenvalue weighted by Crippen LogP contribution is -1.84. The first-order valence-corrected chi connectivity index (χ1v) is 3.86. The van der Waals surface area contributed by atoms with E-state index in [1.165, 1.54) is 0 Å². The first kappa shape index (κ1) is 7.43. The van der Waals surface area contributed by atoms with Crippen LogP contribution in [-0.4, -0.2) is 17.1 Å². The summed E-state index contributed by atoms with van der Waals surface area (Å²) >= 11 is 5.85. The van der Waals surface area contributed by atoms with Crippen molar-refractivity contribution in [1.29, 1.82) is 0 Å². The fourth-order valence-electron chi connectivity index (χ4n) is 1.14. The van der Waals surface area contributed by atoms with Gasteiger partial charge in [-0.3, -0.25) is 4.98 Å². The van der Waals surface area contributed by atoms with Crippen LogP contribution in [0.15, 0.2) is 18.5 Å². The molecule has 0 spiro atoms. The number of H-pyrrole nitrogens is 1. The maximum atomic E-state index is 5.85. The third-order valence-corrected chi connectivity index (χ3v) is 1.99. The van der Waals surface area contributed by atoms with Crippen LogP contribution in [0.3, 0.4) is 0 Å².